The van der Waals surface area contributed by atoms with E-state index >= 15 is 0 Å². The number of hydrogen-bond donors (Lipinski definition) is 1. The first-order chi connectivity index (χ1) is 9.72. The number of hydrogen-bond acceptors (Lipinski definition) is 6. The average Bonchev–Trinajstić information content (AvgIpc) is 2.53. The van der Waals surface area contributed by atoms with Crippen molar-refractivity contribution in [1.29, 1.82) is 0 Å². The Morgan fingerprint density at radius 3 is 2.10 bits per heavy atom. The highest BCUT2D eigenvalue weighted by molar-refractivity contribution is 5.94. The minimum atomic E-state index is -0.959. The lowest BCUT2D eigenvalue weighted by Gasteiger charge is -2.05. The molecule has 0 aromatic heterocycles. The van der Waals surface area contributed by atoms with Gasteiger partial charge in [-0.25, -0.2) is 24.6 Å². The van der Waals surface area contributed by atoms with Crippen LogP contribution in [-0.4, -0.2) is 17.2 Å². The van der Waals surface area contributed by atoms with Gasteiger partial charge in [-0.2, -0.15) is 0 Å². The maximum atomic E-state index is 11.7. The van der Waals surface area contributed by atoms with Gasteiger partial charge in [-0.05, 0) is 24.3 Å². The Kier molecular flexibility index (Phi) is 4.31. The van der Waals surface area contributed by atoms with E-state index in [9.17, 15) is 9.59 Å². The molecule has 0 heterocycles. The molecule has 1 N–H and O–H groups in total. The third-order valence-electron chi connectivity index (χ3n) is 2.41. The maximum Gasteiger partial charge on any atom is 0.390 e. The molecule has 0 saturated carbocycles. The van der Waals surface area contributed by atoms with Crippen LogP contribution in [0.5, 0.6) is 5.75 Å². The SMILES string of the molecule is O=C(OOC(=O)c1ccccc1OO)c1ccccc1. The summed E-state index contributed by atoms with van der Waals surface area (Å²) in [6, 6.07) is 13.9. The fourth-order valence-electron chi connectivity index (χ4n) is 1.46. The van der Waals surface area contributed by atoms with Crippen LogP contribution in [0, 0.1) is 0 Å². The summed E-state index contributed by atoms with van der Waals surface area (Å²) in [6.07, 6.45) is 0. The van der Waals surface area contributed by atoms with Crippen molar-refractivity contribution in [3.05, 3.63) is 65.7 Å². The standard InChI is InChI=1S/C14H10O6/c15-13(10-6-2-1-3-7-10)19-20-14(16)11-8-4-5-9-12(11)18-17/h1-9,17H. The van der Waals surface area contributed by atoms with Crippen LogP contribution in [0.2, 0.25) is 0 Å². The van der Waals surface area contributed by atoms with Gasteiger partial charge < -0.3 is 4.89 Å². The van der Waals surface area contributed by atoms with Crippen LogP contribution in [-0.2, 0) is 9.78 Å². The molecule has 0 radical (unpaired) electrons. The summed E-state index contributed by atoms with van der Waals surface area (Å²) in [5.74, 6) is -1.87. The van der Waals surface area contributed by atoms with Gasteiger partial charge in [0.1, 0.15) is 5.56 Å². The monoisotopic (exact) mass is 274 g/mol. The lowest BCUT2D eigenvalue weighted by molar-refractivity contribution is -0.188. The minimum absolute atomic E-state index is 0.0733. The molecule has 0 aliphatic carbocycles. The van der Waals surface area contributed by atoms with Crippen molar-refractivity contribution < 1.29 is 29.5 Å². The average molecular weight is 274 g/mol. The first kappa shape index (κ1) is 13.6. The van der Waals surface area contributed by atoms with E-state index in [4.69, 9.17) is 5.26 Å². The fourth-order valence-corrected chi connectivity index (χ4v) is 1.46. The van der Waals surface area contributed by atoms with Gasteiger partial charge in [0.25, 0.3) is 0 Å². The Morgan fingerprint density at radius 2 is 1.40 bits per heavy atom. The first-order valence-electron chi connectivity index (χ1n) is 5.61. The van der Waals surface area contributed by atoms with E-state index in [1.165, 1.54) is 30.3 Å². The van der Waals surface area contributed by atoms with E-state index in [-0.39, 0.29) is 16.9 Å². The number of carbonyl (C=O) groups is 2. The predicted octanol–water partition coefficient (Wildman–Crippen LogP) is 2.47. The van der Waals surface area contributed by atoms with Crippen LogP contribution < -0.4 is 4.89 Å². The molecular formula is C14H10O6. The predicted molar refractivity (Wildman–Crippen MR) is 67.0 cm³/mol. The molecule has 0 atom stereocenters. The highest BCUT2D eigenvalue weighted by Gasteiger charge is 2.17. The van der Waals surface area contributed by atoms with Crippen LogP contribution in [0.1, 0.15) is 20.7 Å². The molecule has 6 nitrogen and oxygen atoms in total. The van der Waals surface area contributed by atoms with Crippen molar-refractivity contribution in [3.8, 4) is 5.75 Å². The van der Waals surface area contributed by atoms with Crippen molar-refractivity contribution in [1.82, 2.24) is 0 Å². The second-order valence-corrected chi connectivity index (χ2v) is 3.70. The Labute approximate surface area is 114 Å². The lowest BCUT2D eigenvalue weighted by Crippen LogP contribution is -2.12. The highest BCUT2D eigenvalue weighted by atomic mass is 17.2. The van der Waals surface area contributed by atoms with Crippen molar-refractivity contribution in [2.24, 2.45) is 0 Å². The number of carbonyl (C=O) groups excluding carboxylic acids is 2. The van der Waals surface area contributed by atoms with Gasteiger partial charge in [-0.1, -0.05) is 30.3 Å². The van der Waals surface area contributed by atoms with E-state index in [0.29, 0.717) is 0 Å². The molecule has 0 fully saturated rings. The quantitative estimate of drug-likeness (QED) is 0.684. The molecule has 0 saturated heterocycles. The Balaban J connectivity index is 2.01. The number of benzene rings is 2. The summed E-state index contributed by atoms with van der Waals surface area (Å²) in [6.45, 7) is 0. The normalized spacial score (nSPS) is 9.65. The summed E-state index contributed by atoms with van der Waals surface area (Å²) >= 11 is 0. The van der Waals surface area contributed by atoms with Crippen molar-refractivity contribution in [2.45, 2.75) is 0 Å². The Bertz CT molecular complexity index is 608. The van der Waals surface area contributed by atoms with Gasteiger partial charge >= 0.3 is 11.9 Å². The zero-order valence-corrected chi connectivity index (χ0v) is 10.2. The van der Waals surface area contributed by atoms with E-state index in [2.05, 4.69) is 14.7 Å². The maximum absolute atomic E-state index is 11.7. The molecule has 6 heteroatoms. The number of para-hydroxylation sites is 1. The molecule has 0 aliphatic rings. The second kappa shape index (κ2) is 6.35. The van der Waals surface area contributed by atoms with Gasteiger partial charge in [0.05, 0.1) is 5.56 Å². The van der Waals surface area contributed by atoms with E-state index in [1.807, 2.05) is 0 Å². The number of rotatable bonds is 3. The molecule has 2 rings (SSSR count). The van der Waals surface area contributed by atoms with Crippen molar-refractivity contribution >= 4 is 11.9 Å². The third kappa shape index (κ3) is 3.12. The van der Waals surface area contributed by atoms with Gasteiger partial charge in [0, 0.05) is 0 Å². The summed E-state index contributed by atoms with van der Waals surface area (Å²) in [4.78, 5) is 36.1. The van der Waals surface area contributed by atoms with Crippen LogP contribution in [0.25, 0.3) is 0 Å². The molecule has 102 valence electrons. The summed E-state index contributed by atoms with van der Waals surface area (Å²) < 4.78 is 0. The topological polar surface area (TPSA) is 82.1 Å². The van der Waals surface area contributed by atoms with Crippen LogP contribution >= 0.6 is 0 Å². The molecular weight excluding hydrogens is 264 g/mol. The third-order valence-corrected chi connectivity index (χ3v) is 2.41. The summed E-state index contributed by atoms with van der Waals surface area (Å²) in [5.41, 5.74) is 0.169. The van der Waals surface area contributed by atoms with Crippen LogP contribution in [0.3, 0.4) is 0 Å². The van der Waals surface area contributed by atoms with Gasteiger partial charge in [-0.15, -0.1) is 0 Å². The summed E-state index contributed by atoms with van der Waals surface area (Å²) in [7, 11) is 0. The highest BCUT2D eigenvalue weighted by Crippen LogP contribution is 2.18. The Morgan fingerprint density at radius 1 is 0.800 bits per heavy atom. The molecule has 0 bridgehead atoms. The van der Waals surface area contributed by atoms with E-state index in [0.717, 1.165) is 0 Å². The fraction of sp³-hybridized carbons (Fsp3) is 0. The minimum Gasteiger partial charge on any atom is -0.339 e. The summed E-state index contributed by atoms with van der Waals surface area (Å²) in [5, 5.41) is 8.61. The van der Waals surface area contributed by atoms with Gasteiger partial charge in [-0.3, -0.25) is 0 Å². The van der Waals surface area contributed by atoms with E-state index in [1.54, 1.807) is 24.3 Å². The molecule has 0 amide bonds. The van der Waals surface area contributed by atoms with Crippen LogP contribution in [0.15, 0.2) is 54.6 Å². The van der Waals surface area contributed by atoms with Crippen molar-refractivity contribution in [3.63, 3.8) is 0 Å². The van der Waals surface area contributed by atoms with E-state index < -0.39 is 11.9 Å². The first-order valence-corrected chi connectivity index (χ1v) is 5.61. The second-order valence-electron chi connectivity index (χ2n) is 3.70. The van der Waals surface area contributed by atoms with Gasteiger partial charge in [0.2, 0.25) is 0 Å². The van der Waals surface area contributed by atoms with Crippen molar-refractivity contribution in [2.75, 3.05) is 0 Å². The van der Waals surface area contributed by atoms with Crippen LogP contribution in [0.4, 0.5) is 0 Å². The molecule has 0 spiro atoms. The molecule has 0 aliphatic heterocycles. The van der Waals surface area contributed by atoms with Gasteiger partial charge in [0.15, 0.2) is 5.75 Å². The smallest absolute Gasteiger partial charge is 0.339 e. The molecule has 0 unspecified atom stereocenters. The Hall–Kier alpha value is -2.86. The molecule has 20 heavy (non-hydrogen) atoms. The zero-order chi connectivity index (χ0) is 14.4. The molecule has 2 aromatic rings. The lowest BCUT2D eigenvalue weighted by atomic mass is 10.2. The zero-order valence-electron chi connectivity index (χ0n) is 10.2. The molecule has 2 aromatic carbocycles. The largest absolute Gasteiger partial charge is 0.390 e.